The van der Waals surface area contributed by atoms with Crippen LogP contribution >= 0.6 is 0 Å². The highest BCUT2D eigenvalue weighted by Gasteiger charge is 2.54. The Labute approximate surface area is 105 Å². The van der Waals surface area contributed by atoms with Gasteiger partial charge in [0, 0.05) is 6.54 Å². The van der Waals surface area contributed by atoms with Crippen LogP contribution in [0, 0.1) is 0 Å². The average molecular weight is 239 g/mol. The van der Waals surface area contributed by atoms with Gasteiger partial charge in [0.15, 0.2) is 0 Å². The summed E-state index contributed by atoms with van der Waals surface area (Å²) in [6.07, 6.45) is 9.03. The highest BCUT2D eigenvalue weighted by Crippen LogP contribution is 2.43. The lowest BCUT2D eigenvalue weighted by atomic mass is 9.83. The van der Waals surface area contributed by atoms with Crippen LogP contribution in [0.25, 0.3) is 0 Å². The van der Waals surface area contributed by atoms with Gasteiger partial charge in [-0.3, -0.25) is 0 Å². The highest BCUT2D eigenvalue weighted by atomic mass is 16.6. The number of cyclic esters (lactones) is 1. The summed E-state index contributed by atoms with van der Waals surface area (Å²) in [7, 11) is 0. The van der Waals surface area contributed by atoms with Crippen LogP contribution in [0.4, 0.5) is 4.79 Å². The van der Waals surface area contributed by atoms with Crippen molar-refractivity contribution in [2.75, 3.05) is 6.54 Å². The number of hydrogen-bond acceptors (Lipinski definition) is 2. The Bertz CT molecular complexity index is 269. The van der Waals surface area contributed by atoms with Crippen LogP contribution in [0.2, 0.25) is 0 Å². The van der Waals surface area contributed by atoms with Crippen molar-refractivity contribution in [1.82, 2.24) is 4.90 Å². The van der Waals surface area contributed by atoms with Crippen molar-refractivity contribution in [3.63, 3.8) is 0 Å². The molecule has 0 aromatic heterocycles. The highest BCUT2D eigenvalue weighted by molar-refractivity contribution is 5.72. The molecule has 0 saturated carbocycles. The maximum absolute atomic E-state index is 11.9. The van der Waals surface area contributed by atoms with Gasteiger partial charge in [-0.05, 0) is 38.5 Å². The minimum Gasteiger partial charge on any atom is -0.441 e. The fourth-order valence-corrected chi connectivity index (χ4v) is 3.35. The predicted octanol–water partition coefficient (Wildman–Crippen LogP) is 3.72. The van der Waals surface area contributed by atoms with E-state index in [1.54, 1.807) is 0 Å². The summed E-state index contributed by atoms with van der Waals surface area (Å²) in [6, 6.07) is 0.369. The summed E-state index contributed by atoms with van der Waals surface area (Å²) >= 11 is 0. The van der Waals surface area contributed by atoms with Gasteiger partial charge in [-0.15, -0.1) is 0 Å². The Kier molecular flexibility index (Phi) is 3.95. The fraction of sp³-hybridized carbons (Fsp3) is 0.929. The maximum Gasteiger partial charge on any atom is 0.410 e. The fourth-order valence-electron chi connectivity index (χ4n) is 3.35. The standard InChI is InChI=1S/C14H25NO2/c1-3-5-9-14(10-6-4-2)12-8-7-11-15(12)13(16)17-14/h12H,3-11H2,1-2H3. The number of rotatable bonds is 6. The quantitative estimate of drug-likeness (QED) is 0.707. The molecule has 2 aliphatic rings. The molecule has 2 saturated heterocycles. The van der Waals surface area contributed by atoms with E-state index in [1.807, 2.05) is 4.90 Å². The van der Waals surface area contributed by atoms with Gasteiger partial charge in [-0.2, -0.15) is 0 Å². The summed E-state index contributed by atoms with van der Waals surface area (Å²) in [5.74, 6) is 0. The second kappa shape index (κ2) is 5.28. The van der Waals surface area contributed by atoms with Crippen LogP contribution in [-0.4, -0.2) is 29.2 Å². The van der Waals surface area contributed by atoms with E-state index in [4.69, 9.17) is 4.74 Å². The first-order chi connectivity index (χ1) is 8.23. The van der Waals surface area contributed by atoms with Gasteiger partial charge in [0.05, 0.1) is 6.04 Å². The minimum absolute atomic E-state index is 0.0558. The van der Waals surface area contributed by atoms with Gasteiger partial charge in [0.25, 0.3) is 0 Å². The van der Waals surface area contributed by atoms with Crippen LogP contribution in [0.3, 0.4) is 0 Å². The Balaban J connectivity index is 2.11. The molecular weight excluding hydrogens is 214 g/mol. The molecular formula is C14H25NO2. The van der Waals surface area contributed by atoms with Gasteiger partial charge < -0.3 is 9.64 Å². The van der Waals surface area contributed by atoms with E-state index < -0.39 is 0 Å². The zero-order valence-electron chi connectivity index (χ0n) is 11.2. The van der Waals surface area contributed by atoms with Crippen molar-refractivity contribution < 1.29 is 9.53 Å². The second-order valence-corrected chi connectivity index (χ2v) is 5.49. The van der Waals surface area contributed by atoms with Gasteiger partial charge in [-0.25, -0.2) is 4.79 Å². The molecule has 0 aromatic rings. The van der Waals surface area contributed by atoms with Crippen molar-refractivity contribution in [3.05, 3.63) is 0 Å². The van der Waals surface area contributed by atoms with Crippen molar-refractivity contribution in [2.24, 2.45) is 0 Å². The smallest absolute Gasteiger partial charge is 0.410 e. The molecule has 98 valence electrons. The molecule has 17 heavy (non-hydrogen) atoms. The normalized spacial score (nSPS) is 26.1. The summed E-state index contributed by atoms with van der Waals surface area (Å²) in [5.41, 5.74) is -0.153. The van der Waals surface area contributed by atoms with Gasteiger partial charge >= 0.3 is 6.09 Å². The zero-order chi connectivity index (χ0) is 12.3. The van der Waals surface area contributed by atoms with E-state index in [-0.39, 0.29) is 11.7 Å². The molecule has 0 radical (unpaired) electrons. The Morgan fingerprint density at radius 1 is 1.29 bits per heavy atom. The molecule has 2 fully saturated rings. The topological polar surface area (TPSA) is 29.5 Å². The van der Waals surface area contributed by atoms with Gasteiger partial charge in [0.1, 0.15) is 5.60 Å². The van der Waals surface area contributed by atoms with E-state index in [0.29, 0.717) is 6.04 Å². The van der Waals surface area contributed by atoms with E-state index in [9.17, 15) is 4.79 Å². The number of fused-ring (bicyclic) bond motifs is 1. The largest absolute Gasteiger partial charge is 0.441 e. The van der Waals surface area contributed by atoms with E-state index in [0.717, 1.165) is 32.2 Å². The molecule has 0 aliphatic carbocycles. The lowest BCUT2D eigenvalue weighted by Gasteiger charge is -2.32. The van der Waals surface area contributed by atoms with Crippen LogP contribution in [0.15, 0.2) is 0 Å². The summed E-state index contributed by atoms with van der Waals surface area (Å²) in [4.78, 5) is 13.9. The second-order valence-electron chi connectivity index (χ2n) is 5.49. The Hall–Kier alpha value is -0.730. The first-order valence-corrected chi connectivity index (χ1v) is 7.23. The minimum atomic E-state index is -0.153. The molecule has 0 aromatic carbocycles. The van der Waals surface area contributed by atoms with Crippen molar-refractivity contribution in [1.29, 1.82) is 0 Å². The molecule has 2 aliphatic heterocycles. The average Bonchev–Trinajstić information content (AvgIpc) is 2.89. The third-order valence-electron chi connectivity index (χ3n) is 4.29. The molecule has 1 atom stereocenters. The first kappa shape index (κ1) is 12.7. The summed E-state index contributed by atoms with van der Waals surface area (Å²) in [6.45, 7) is 5.32. The molecule has 0 bridgehead atoms. The number of hydrogen-bond donors (Lipinski definition) is 0. The molecule has 1 unspecified atom stereocenters. The predicted molar refractivity (Wildman–Crippen MR) is 68.0 cm³/mol. The zero-order valence-corrected chi connectivity index (χ0v) is 11.2. The third kappa shape index (κ3) is 2.29. The maximum atomic E-state index is 11.9. The van der Waals surface area contributed by atoms with E-state index in [2.05, 4.69) is 13.8 Å². The van der Waals surface area contributed by atoms with Gasteiger partial charge in [0.2, 0.25) is 0 Å². The molecule has 0 spiro atoms. The first-order valence-electron chi connectivity index (χ1n) is 7.23. The van der Waals surface area contributed by atoms with E-state index in [1.165, 1.54) is 25.7 Å². The number of amides is 1. The molecule has 3 heteroatoms. The Morgan fingerprint density at radius 3 is 2.53 bits per heavy atom. The van der Waals surface area contributed by atoms with Crippen LogP contribution in [-0.2, 0) is 4.74 Å². The summed E-state index contributed by atoms with van der Waals surface area (Å²) < 4.78 is 5.81. The van der Waals surface area contributed by atoms with E-state index >= 15 is 0 Å². The van der Waals surface area contributed by atoms with Crippen LogP contribution < -0.4 is 0 Å². The molecule has 0 N–H and O–H groups in total. The molecule has 2 rings (SSSR count). The number of nitrogens with zero attached hydrogens (tertiary/aromatic N) is 1. The lowest BCUT2D eigenvalue weighted by Crippen LogP contribution is -2.42. The monoisotopic (exact) mass is 239 g/mol. The number of unbranched alkanes of at least 4 members (excludes halogenated alkanes) is 2. The van der Waals surface area contributed by atoms with Crippen molar-refractivity contribution in [3.8, 4) is 0 Å². The molecule has 3 nitrogen and oxygen atoms in total. The SMILES string of the molecule is CCCCC1(CCCC)OC(=O)N2CCCC21. The van der Waals surface area contributed by atoms with Crippen molar-refractivity contribution in [2.45, 2.75) is 76.9 Å². The lowest BCUT2D eigenvalue weighted by molar-refractivity contribution is 0.0158. The molecule has 1 amide bonds. The Morgan fingerprint density at radius 2 is 1.94 bits per heavy atom. The third-order valence-corrected chi connectivity index (χ3v) is 4.29. The van der Waals surface area contributed by atoms with Gasteiger partial charge in [-0.1, -0.05) is 26.7 Å². The number of ether oxygens (including phenoxy) is 1. The molecule has 2 heterocycles. The summed E-state index contributed by atoms with van der Waals surface area (Å²) in [5, 5.41) is 0. The number of carbonyl (C=O) groups is 1. The van der Waals surface area contributed by atoms with Crippen LogP contribution in [0.5, 0.6) is 0 Å². The van der Waals surface area contributed by atoms with Crippen molar-refractivity contribution >= 4 is 6.09 Å². The van der Waals surface area contributed by atoms with Crippen LogP contribution in [0.1, 0.15) is 65.2 Å². The number of carbonyl (C=O) groups excluding carboxylic acids is 1.